The highest BCUT2D eigenvalue weighted by Gasteiger charge is 2.61. The number of aryl methyl sites for hydroxylation is 1. The zero-order chi connectivity index (χ0) is 20.8. The molecule has 1 amide bonds. The van der Waals surface area contributed by atoms with Crippen molar-refractivity contribution in [1.29, 1.82) is 0 Å². The molecule has 1 aromatic carbocycles. The molecule has 8 aliphatic carbocycles. The fraction of sp³-hybridized carbons (Fsp3) is 0.759. The monoisotopic (exact) mass is 417 g/mol. The topological polar surface area (TPSA) is 29.1 Å². The third kappa shape index (κ3) is 2.92. The normalized spacial score (nSPS) is 48.9. The summed E-state index contributed by atoms with van der Waals surface area (Å²) in [5.74, 6) is 4.85. The predicted octanol–water partition coefficient (Wildman–Crippen LogP) is 6.17. The van der Waals surface area contributed by atoms with E-state index < -0.39 is 0 Å². The highest BCUT2D eigenvalue weighted by Crippen LogP contribution is 2.66. The van der Waals surface area contributed by atoms with Gasteiger partial charge in [-0.3, -0.25) is 4.79 Å². The van der Waals surface area contributed by atoms with E-state index in [-0.39, 0.29) is 10.8 Å². The van der Waals surface area contributed by atoms with Gasteiger partial charge in [0.1, 0.15) is 0 Å². The van der Waals surface area contributed by atoms with Crippen LogP contribution in [0.15, 0.2) is 24.3 Å². The minimum atomic E-state index is -0.0860. The zero-order valence-corrected chi connectivity index (χ0v) is 19.3. The molecule has 31 heavy (non-hydrogen) atoms. The minimum absolute atomic E-state index is 0.0860. The molecule has 0 saturated heterocycles. The Hall–Kier alpha value is -1.31. The summed E-state index contributed by atoms with van der Waals surface area (Å²) in [6.07, 6.45) is 16.1. The maximum Gasteiger partial charge on any atom is 0.226 e. The van der Waals surface area contributed by atoms with E-state index in [1.807, 2.05) is 0 Å². The minimum Gasteiger partial charge on any atom is -0.355 e. The van der Waals surface area contributed by atoms with E-state index in [1.165, 1.54) is 68.9 Å². The lowest BCUT2D eigenvalue weighted by atomic mass is 9.42. The van der Waals surface area contributed by atoms with Crippen molar-refractivity contribution in [3.8, 4) is 0 Å². The van der Waals surface area contributed by atoms with E-state index in [2.05, 4.69) is 36.5 Å². The molecular formula is C29H39NO. The molecule has 8 saturated carbocycles. The van der Waals surface area contributed by atoms with E-state index in [1.54, 1.807) is 0 Å². The van der Waals surface area contributed by atoms with Gasteiger partial charge in [-0.05, 0) is 130 Å². The predicted molar refractivity (Wildman–Crippen MR) is 124 cm³/mol. The van der Waals surface area contributed by atoms with Crippen LogP contribution in [-0.4, -0.2) is 12.5 Å². The van der Waals surface area contributed by atoms with Crippen molar-refractivity contribution in [1.82, 2.24) is 5.32 Å². The molecule has 1 N–H and O–H groups in total. The molecule has 166 valence electrons. The molecule has 0 aromatic heterocycles. The number of carbonyl (C=O) groups is 1. The molecule has 4 atom stereocenters. The van der Waals surface area contributed by atoms with Gasteiger partial charge in [0, 0.05) is 6.54 Å². The highest BCUT2D eigenvalue weighted by molar-refractivity contribution is 5.83. The Kier molecular flexibility index (Phi) is 3.95. The largest absolute Gasteiger partial charge is 0.355 e. The van der Waals surface area contributed by atoms with Crippen LogP contribution in [0, 0.1) is 47.3 Å². The van der Waals surface area contributed by atoms with Gasteiger partial charge in [0.25, 0.3) is 0 Å². The van der Waals surface area contributed by atoms with Gasteiger partial charge < -0.3 is 5.32 Å². The van der Waals surface area contributed by atoms with Gasteiger partial charge in [0.05, 0.1) is 5.41 Å². The van der Waals surface area contributed by atoms with E-state index >= 15 is 0 Å². The third-order valence-electron chi connectivity index (χ3n) is 11.0. The summed E-state index contributed by atoms with van der Waals surface area (Å²) in [5.41, 5.74) is 3.48. The summed E-state index contributed by atoms with van der Waals surface area (Å²) in [7, 11) is 0. The molecule has 9 rings (SSSR count). The van der Waals surface area contributed by atoms with E-state index in [0.29, 0.717) is 11.3 Å². The maximum absolute atomic E-state index is 13.9. The maximum atomic E-state index is 13.9. The van der Waals surface area contributed by atoms with Gasteiger partial charge in [-0.15, -0.1) is 0 Å². The fourth-order valence-corrected chi connectivity index (χ4v) is 10.7. The number of rotatable bonds is 4. The Bertz CT molecular complexity index is 849. The van der Waals surface area contributed by atoms with Crippen molar-refractivity contribution in [2.75, 3.05) is 6.54 Å². The Labute approximate surface area is 188 Å². The Morgan fingerprint density at radius 3 is 1.94 bits per heavy atom. The van der Waals surface area contributed by atoms with Gasteiger partial charge in [0.2, 0.25) is 5.91 Å². The second-order valence-corrected chi connectivity index (χ2v) is 13.5. The number of benzene rings is 1. The molecule has 0 spiro atoms. The zero-order valence-electron chi connectivity index (χ0n) is 19.3. The van der Waals surface area contributed by atoms with Gasteiger partial charge in [0.15, 0.2) is 0 Å². The number of hydrogen-bond donors (Lipinski definition) is 1. The SMILES string of the molecule is Cc1ccc(C23C[C@@H]4C[C@@H](CC(C(=O)NCC56CC7CC(CC(C7)C5)C6)(C4)C2)C3)cc1. The summed E-state index contributed by atoms with van der Waals surface area (Å²) in [5, 5.41) is 3.64. The first-order valence-electron chi connectivity index (χ1n) is 13.3. The number of nitrogens with one attached hydrogen (secondary N) is 1. The van der Waals surface area contributed by atoms with Crippen molar-refractivity contribution in [3.63, 3.8) is 0 Å². The lowest BCUT2D eigenvalue weighted by Gasteiger charge is -2.62. The summed E-state index contributed by atoms with van der Waals surface area (Å²) in [6.45, 7) is 3.16. The van der Waals surface area contributed by atoms with Crippen molar-refractivity contribution in [2.45, 2.75) is 89.4 Å². The molecular weight excluding hydrogens is 378 g/mol. The Morgan fingerprint density at radius 1 is 0.806 bits per heavy atom. The molecule has 0 heterocycles. The average molecular weight is 418 g/mol. The lowest BCUT2D eigenvalue weighted by Crippen LogP contribution is -2.60. The van der Waals surface area contributed by atoms with Crippen LogP contribution in [-0.2, 0) is 10.2 Å². The van der Waals surface area contributed by atoms with Crippen molar-refractivity contribution < 1.29 is 4.79 Å². The summed E-state index contributed by atoms with van der Waals surface area (Å²) >= 11 is 0. The second kappa shape index (κ2) is 6.39. The summed E-state index contributed by atoms with van der Waals surface area (Å²) in [4.78, 5) is 13.9. The summed E-state index contributed by atoms with van der Waals surface area (Å²) in [6, 6.07) is 9.33. The first kappa shape index (κ1) is 19.2. The molecule has 2 unspecified atom stereocenters. The van der Waals surface area contributed by atoms with Crippen LogP contribution in [0.1, 0.15) is 88.2 Å². The molecule has 1 aromatic rings. The quantitative estimate of drug-likeness (QED) is 0.624. The highest BCUT2D eigenvalue weighted by atomic mass is 16.2. The van der Waals surface area contributed by atoms with E-state index in [4.69, 9.17) is 0 Å². The van der Waals surface area contributed by atoms with Gasteiger partial charge >= 0.3 is 0 Å². The van der Waals surface area contributed by atoms with Crippen LogP contribution in [0.5, 0.6) is 0 Å². The van der Waals surface area contributed by atoms with Crippen LogP contribution in [0.4, 0.5) is 0 Å². The van der Waals surface area contributed by atoms with Crippen LogP contribution >= 0.6 is 0 Å². The van der Waals surface area contributed by atoms with Crippen molar-refractivity contribution in [3.05, 3.63) is 35.4 Å². The smallest absolute Gasteiger partial charge is 0.226 e. The van der Waals surface area contributed by atoms with Crippen molar-refractivity contribution in [2.24, 2.45) is 40.4 Å². The molecule has 2 nitrogen and oxygen atoms in total. The number of hydrogen-bond acceptors (Lipinski definition) is 1. The average Bonchev–Trinajstić information content (AvgIpc) is 2.70. The van der Waals surface area contributed by atoms with Crippen molar-refractivity contribution >= 4 is 5.91 Å². The Morgan fingerprint density at radius 2 is 1.35 bits per heavy atom. The standard InChI is InChI=1S/C29H39NO/c1-19-2-4-25(5-3-19)28-13-23-9-24(14-28)16-29(15-23,17-28)26(31)30-18-27-10-20-6-21(11-27)8-22(7-20)12-27/h2-5,20-24H,6-18H2,1H3,(H,30,31)/t20?,21?,22?,23-,24+,27?,28?,29?. The molecule has 8 aliphatic rings. The second-order valence-electron chi connectivity index (χ2n) is 13.5. The van der Waals surface area contributed by atoms with E-state index in [0.717, 1.165) is 55.4 Å². The van der Waals surface area contributed by atoms with Crippen LogP contribution in [0.3, 0.4) is 0 Å². The summed E-state index contributed by atoms with van der Waals surface area (Å²) < 4.78 is 0. The first-order valence-corrected chi connectivity index (χ1v) is 13.3. The molecule has 0 aliphatic heterocycles. The van der Waals surface area contributed by atoms with Crippen LogP contribution < -0.4 is 5.32 Å². The molecule has 8 fully saturated rings. The molecule has 0 radical (unpaired) electrons. The van der Waals surface area contributed by atoms with Gasteiger partial charge in [-0.1, -0.05) is 29.8 Å². The van der Waals surface area contributed by atoms with E-state index in [9.17, 15) is 4.79 Å². The number of amides is 1. The fourth-order valence-electron chi connectivity index (χ4n) is 10.7. The number of carbonyl (C=O) groups excluding carboxylic acids is 1. The lowest BCUT2D eigenvalue weighted by molar-refractivity contribution is -0.150. The van der Waals surface area contributed by atoms with Crippen LogP contribution in [0.2, 0.25) is 0 Å². The first-order chi connectivity index (χ1) is 14.9. The Balaban J connectivity index is 1.13. The molecule has 2 heteroatoms. The van der Waals surface area contributed by atoms with Gasteiger partial charge in [-0.25, -0.2) is 0 Å². The van der Waals surface area contributed by atoms with Gasteiger partial charge in [-0.2, -0.15) is 0 Å². The van der Waals surface area contributed by atoms with Crippen LogP contribution in [0.25, 0.3) is 0 Å². The third-order valence-corrected chi connectivity index (χ3v) is 11.0. The molecule has 8 bridgehead atoms.